The summed E-state index contributed by atoms with van der Waals surface area (Å²) in [5.74, 6) is 1.80. The van der Waals surface area contributed by atoms with Crippen LogP contribution in [0.5, 0.6) is 17.2 Å². The summed E-state index contributed by atoms with van der Waals surface area (Å²) in [6, 6.07) is 3.50. The lowest BCUT2D eigenvalue weighted by molar-refractivity contribution is 0.0772. The summed E-state index contributed by atoms with van der Waals surface area (Å²) in [7, 11) is 4.64. The van der Waals surface area contributed by atoms with Crippen LogP contribution >= 0.6 is 0 Å². The summed E-state index contributed by atoms with van der Waals surface area (Å²) >= 11 is 0. The molecule has 1 heterocycles. The summed E-state index contributed by atoms with van der Waals surface area (Å²) in [6.45, 7) is 5.15. The molecule has 0 aliphatic rings. The molecule has 0 fully saturated rings. The Morgan fingerprint density at radius 1 is 1.00 bits per heavy atom. The number of carbonyl (C=O) groups excluding carboxylic acids is 1. The average Bonchev–Trinajstić information content (AvgIpc) is 2.68. The van der Waals surface area contributed by atoms with Crippen LogP contribution in [0, 0.1) is 0 Å². The standard InChI is InChI=1S/C18H24N4O4/c1-6-22(7-2)17(23)12-10-19-18(20-11-12)21-13-8-14(24-3)16(26-5)15(9-13)25-4/h8-11H,6-7H2,1-5H3,(H,19,20,21). The fraction of sp³-hybridized carbons (Fsp3) is 0.389. The van der Waals surface area contributed by atoms with Crippen LogP contribution in [0.2, 0.25) is 0 Å². The Bertz CT molecular complexity index is 720. The molecule has 8 nitrogen and oxygen atoms in total. The number of nitrogens with zero attached hydrogens (tertiary/aromatic N) is 3. The molecule has 1 N–H and O–H groups in total. The predicted octanol–water partition coefficient (Wildman–Crippen LogP) is 2.73. The highest BCUT2D eigenvalue weighted by Crippen LogP contribution is 2.40. The van der Waals surface area contributed by atoms with Crippen LogP contribution < -0.4 is 19.5 Å². The molecule has 0 atom stereocenters. The van der Waals surface area contributed by atoms with Crippen molar-refractivity contribution in [2.45, 2.75) is 13.8 Å². The number of carbonyl (C=O) groups is 1. The number of amides is 1. The molecule has 140 valence electrons. The van der Waals surface area contributed by atoms with Crippen LogP contribution in [0.1, 0.15) is 24.2 Å². The van der Waals surface area contributed by atoms with E-state index in [9.17, 15) is 4.79 Å². The molecule has 0 aliphatic carbocycles. The Balaban J connectivity index is 2.22. The number of nitrogens with one attached hydrogen (secondary N) is 1. The lowest BCUT2D eigenvalue weighted by Gasteiger charge is -2.18. The molecule has 0 spiro atoms. The third-order valence-electron chi connectivity index (χ3n) is 3.87. The van der Waals surface area contributed by atoms with Gasteiger partial charge in [-0.15, -0.1) is 0 Å². The number of hydrogen-bond donors (Lipinski definition) is 1. The second-order valence-electron chi connectivity index (χ2n) is 5.31. The minimum absolute atomic E-state index is 0.0886. The van der Waals surface area contributed by atoms with E-state index in [1.165, 1.54) is 12.4 Å². The summed E-state index contributed by atoms with van der Waals surface area (Å²) in [6.07, 6.45) is 3.02. The Kier molecular flexibility index (Phi) is 6.60. The smallest absolute Gasteiger partial charge is 0.256 e. The molecule has 1 aromatic carbocycles. The maximum Gasteiger partial charge on any atom is 0.256 e. The first-order valence-corrected chi connectivity index (χ1v) is 8.26. The van der Waals surface area contributed by atoms with Crippen LogP contribution in [0.25, 0.3) is 0 Å². The van der Waals surface area contributed by atoms with E-state index in [0.29, 0.717) is 47.5 Å². The van der Waals surface area contributed by atoms with Gasteiger partial charge in [-0.2, -0.15) is 0 Å². The van der Waals surface area contributed by atoms with E-state index < -0.39 is 0 Å². The maximum absolute atomic E-state index is 12.3. The van der Waals surface area contributed by atoms with Gasteiger partial charge in [0.2, 0.25) is 11.7 Å². The van der Waals surface area contributed by atoms with Crippen molar-refractivity contribution in [2.75, 3.05) is 39.7 Å². The molecule has 8 heteroatoms. The lowest BCUT2D eigenvalue weighted by atomic mass is 10.2. The van der Waals surface area contributed by atoms with Crippen molar-refractivity contribution in [3.8, 4) is 17.2 Å². The van der Waals surface area contributed by atoms with Crippen LogP contribution in [0.3, 0.4) is 0 Å². The monoisotopic (exact) mass is 360 g/mol. The van der Waals surface area contributed by atoms with E-state index in [0.717, 1.165) is 0 Å². The van der Waals surface area contributed by atoms with Crippen molar-refractivity contribution in [3.63, 3.8) is 0 Å². The van der Waals surface area contributed by atoms with Gasteiger partial charge in [-0.1, -0.05) is 0 Å². The van der Waals surface area contributed by atoms with Crippen LogP contribution in [0.4, 0.5) is 11.6 Å². The molecule has 0 saturated heterocycles. The Morgan fingerprint density at radius 2 is 1.54 bits per heavy atom. The van der Waals surface area contributed by atoms with Crippen molar-refractivity contribution in [1.82, 2.24) is 14.9 Å². The minimum Gasteiger partial charge on any atom is -0.493 e. The molecule has 26 heavy (non-hydrogen) atoms. The van der Waals surface area contributed by atoms with Gasteiger partial charge >= 0.3 is 0 Å². The first-order valence-electron chi connectivity index (χ1n) is 8.26. The summed E-state index contributed by atoms with van der Waals surface area (Å²) in [5.41, 5.74) is 1.12. The molecule has 2 rings (SSSR count). The number of rotatable bonds is 8. The van der Waals surface area contributed by atoms with E-state index in [1.807, 2.05) is 13.8 Å². The zero-order valence-electron chi connectivity index (χ0n) is 15.7. The molecule has 2 aromatic rings. The second-order valence-corrected chi connectivity index (χ2v) is 5.31. The third kappa shape index (κ3) is 4.14. The van der Waals surface area contributed by atoms with Gasteiger partial charge in [-0.05, 0) is 13.8 Å². The predicted molar refractivity (Wildman–Crippen MR) is 98.7 cm³/mol. The Hall–Kier alpha value is -3.03. The van der Waals surface area contributed by atoms with Gasteiger partial charge in [0.15, 0.2) is 11.5 Å². The molecule has 0 saturated carbocycles. The molecule has 0 bridgehead atoms. The average molecular weight is 360 g/mol. The van der Waals surface area contributed by atoms with Crippen LogP contribution in [0.15, 0.2) is 24.5 Å². The SMILES string of the molecule is CCN(CC)C(=O)c1cnc(Nc2cc(OC)c(OC)c(OC)c2)nc1. The topological polar surface area (TPSA) is 85.8 Å². The minimum atomic E-state index is -0.0886. The van der Waals surface area contributed by atoms with Crippen molar-refractivity contribution < 1.29 is 19.0 Å². The van der Waals surface area contributed by atoms with E-state index in [-0.39, 0.29) is 5.91 Å². The molecule has 0 radical (unpaired) electrons. The molecule has 0 aliphatic heterocycles. The van der Waals surface area contributed by atoms with Gasteiger partial charge in [0.25, 0.3) is 5.91 Å². The van der Waals surface area contributed by atoms with Gasteiger partial charge in [-0.25, -0.2) is 9.97 Å². The summed E-state index contributed by atoms with van der Waals surface area (Å²) < 4.78 is 15.9. The van der Waals surface area contributed by atoms with Gasteiger partial charge in [0, 0.05) is 43.3 Å². The van der Waals surface area contributed by atoms with E-state index in [1.54, 1.807) is 38.4 Å². The largest absolute Gasteiger partial charge is 0.493 e. The number of methoxy groups -OCH3 is 3. The van der Waals surface area contributed by atoms with Crippen molar-refractivity contribution >= 4 is 17.5 Å². The van der Waals surface area contributed by atoms with Crippen molar-refractivity contribution in [1.29, 1.82) is 0 Å². The van der Waals surface area contributed by atoms with Gasteiger partial charge < -0.3 is 24.4 Å². The molecule has 1 aromatic heterocycles. The first kappa shape index (κ1) is 19.3. The Labute approximate surface area is 153 Å². The molecular formula is C18H24N4O4. The van der Waals surface area contributed by atoms with Crippen molar-refractivity contribution in [2.24, 2.45) is 0 Å². The molecule has 1 amide bonds. The fourth-order valence-corrected chi connectivity index (χ4v) is 2.48. The number of hydrogen-bond acceptors (Lipinski definition) is 7. The first-order chi connectivity index (χ1) is 12.6. The highest BCUT2D eigenvalue weighted by molar-refractivity contribution is 5.93. The number of benzene rings is 1. The van der Waals surface area contributed by atoms with E-state index in [4.69, 9.17) is 14.2 Å². The normalized spacial score (nSPS) is 10.2. The molecule has 0 unspecified atom stereocenters. The van der Waals surface area contributed by atoms with Crippen LogP contribution in [-0.4, -0.2) is 55.2 Å². The second kappa shape index (κ2) is 8.89. The number of aromatic nitrogens is 2. The lowest BCUT2D eigenvalue weighted by Crippen LogP contribution is -2.30. The number of anilines is 2. The third-order valence-corrected chi connectivity index (χ3v) is 3.87. The van der Waals surface area contributed by atoms with Gasteiger partial charge in [0.05, 0.1) is 26.9 Å². The van der Waals surface area contributed by atoms with Gasteiger partial charge in [0.1, 0.15) is 0 Å². The number of ether oxygens (including phenoxy) is 3. The zero-order valence-corrected chi connectivity index (χ0v) is 15.7. The quantitative estimate of drug-likeness (QED) is 0.774. The highest BCUT2D eigenvalue weighted by atomic mass is 16.5. The van der Waals surface area contributed by atoms with Gasteiger partial charge in [-0.3, -0.25) is 4.79 Å². The van der Waals surface area contributed by atoms with E-state index >= 15 is 0 Å². The summed E-state index contributed by atoms with van der Waals surface area (Å²) in [4.78, 5) is 22.4. The Morgan fingerprint density at radius 3 is 1.96 bits per heavy atom. The van der Waals surface area contributed by atoms with Crippen molar-refractivity contribution in [3.05, 3.63) is 30.1 Å². The fourth-order valence-electron chi connectivity index (χ4n) is 2.48. The highest BCUT2D eigenvalue weighted by Gasteiger charge is 2.15. The zero-order chi connectivity index (χ0) is 19.1. The van der Waals surface area contributed by atoms with E-state index in [2.05, 4.69) is 15.3 Å². The van der Waals surface area contributed by atoms with Crippen LogP contribution in [-0.2, 0) is 0 Å². The molecular weight excluding hydrogens is 336 g/mol. The summed E-state index contributed by atoms with van der Waals surface area (Å²) in [5, 5.41) is 3.07. The maximum atomic E-state index is 12.3.